The van der Waals surface area contributed by atoms with Crippen molar-refractivity contribution >= 4 is 39.7 Å². The van der Waals surface area contributed by atoms with Crippen LogP contribution in [0, 0.1) is 11.8 Å². The van der Waals surface area contributed by atoms with Crippen LogP contribution < -0.4 is 4.90 Å². The van der Waals surface area contributed by atoms with Crippen molar-refractivity contribution in [2.24, 2.45) is 11.8 Å². The first-order chi connectivity index (χ1) is 15.2. The van der Waals surface area contributed by atoms with E-state index in [0.29, 0.717) is 28.7 Å². The Balaban J connectivity index is 1.56. The van der Waals surface area contributed by atoms with E-state index in [1.54, 1.807) is 0 Å². The molecular weight excluding hydrogens is 421 g/mol. The van der Waals surface area contributed by atoms with Crippen LogP contribution in [0.15, 0.2) is 72.8 Å². The van der Waals surface area contributed by atoms with E-state index in [4.69, 9.17) is 23.2 Å². The van der Waals surface area contributed by atoms with Gasteiger partial charge in [0.2, 0.25) is 0 Å². The fraction of sp³-hybridized carbons (Fsp3) is 0.286. The van der Waals surface area contributed by atoms with E-state index in [1.807, 2.05) is 6.07 Å². The lowest BCUT2D eigenvalue weighted by Crippen LogP contribution is -2.46. The summed E-state index contributed by atoms with van der Waals surface area (Å²) in [6, 6.07) is 17.8. The highest BCUT2D eigenvalue weighted by molar-refractivity contribution is 6.42. The van der Waals surface area contributed by atoms with Gasteiger partial charge in [-0.2, -0.15) is 0 Å². The summed E-state index contributed by atoms with van der Waals surface area (Å²) < 4.78 is 0. The first-order valence-corrected chi connectivity index (χ1v) is 12.1. The van der Waals surface area contributed by atoms with Crippen molar-refractivity contribution in [2.75, 3.05) is 11.4 Å². The van der Waals surface area contributed by atoms with Gasteiger partial charge >= 0.3 is 0 Å². The number of allylic oxidation sites excluding steroid dienone is 4. The number of hydrogen-bond donors (Lipinski definition) is 0. The zero-order valence-corrected chi connectivity index (χ0v) is 18.7. The van der Waals surface area contributed by atoms with Gasteiger partial charge in [-0.25, -0.2) is 0 Å². The smallest absolute Gasteiger partial charge is 0.0645 e. The Hall–Kier alpha value is -2.22. The number of halogens is 2. The van der Waals surface area contributed by atoms with E-state index in [-0.39, 0.29) is 6.04 Å². The van der Waals surface area contributed by atoms with E-state index in [1.165, 1.54) is 33.2 Å². The standard InChI is InChI=1S/C28H23Cl2N/c29-24-13-5-12-22(26(24)30)27-21-11-4-10-20(21)25-19-8-2-1-6-16(19)14-23-18-9-3-7-17(18)15-31(27)28(23)25/h1-6,8-10,12-14,17-18,20-21,27H,7,11,15H2/t17-,18+,20-,21+,27-/m0/s1. The molecule has 154 valence electrons. The van der Waals surface area contributed by atoms with Crippen molar-refractivity contribution in [1.29, 1.82) is 0 Å². The molecule has 5 atom stereocenters. The van der Waals surface area contributed by atoms with Crippen LogP contribution in [-0.4, -0.2) is 6.54 Å². The van der Waals surface area contributed by atoms with Gasteiger partial charge in [0.25, 0.3) is 0 Å². The maximum atomic E-state index is 6.84. The van der Waals surface area contributed by atoms with E-state index >= 15 is 0 Å². The van der Waals surface area contributed by atoms with Crippen molar-refractivity contribution in [2.45, 2.75) is 30.7 Å². The van der Waals surface area contributed by atoms with Crippen molar-refractivity contribution in [3.8, 4) is 0 Å². The SMILES string of the molecule is Clc1cccc([C@@H]2[C@@H]3CC=C[C@@H]3c3c4c(cc5ccccc35)[C@@H]3C=CC[C@H]3CN42)c1Cl. The molecule has 3 aromatic carbocycles. The number of rotatable bonds is 1. The molecule has 0 unspecified atom stereocenters. The Morgan fingerprint density at radius 3 is 2.61 bits per heavy atom. The first-order valence-electron chi connectivity index (χ1n) is 11.3. The summed E-state index contributed by atoms with van der Waals surface area (Å²) in [6.45, 7) is 1.08. The Kier molecular flexibility index (Phi) is 3.93. The zero-order valence-electron chi connectivity index (χ0n) is 17.1. The van der Waals surface area contributed by atoms with E-state index in [9.17, 15) is 0 Å². The highest BCUT2D eigenvalue weighted by Crippen LogP contribution is 2.61. The molecule has 2 aliphatic carbocycles. The van der Waals surface area contributed by atoms with Gasteiger partial charge in [0.1, 0.15) is 0 Å². The van der Waals surface area contributed by atoms with Crippen LogP contribution in [0.5, 0.6) is 0 Å². The molecule has 2 heterocycles. The van der Waals surface area contributed by atoms with Crippen LogP contribution in [0.2, 0.25) is 10.0 Å². The molecule has 3 aromatic rings. The summed E-state index contributed by atoms with van der Waals surface area (Å²) in [5, 5.41) is 4.15. The molecule has 3 heteroatoms. The van der Waals surface area contributed by atoms with Gasteiger partial charge < -0.3 is 4.90 Å². The second-order valence-electron chi connectivity index (χ2n) is 9.49. The number of anilines is 1. The molecule has 0 aromatic heterocycles. The average Bonchev–Trinajstić information content (AvgIpc) is 3.45. The lowest BCUT2D eigenvalue weighted by molar-refractivity contribution is 0.336. The predicted molar refractivity (Wildman–Crippen MR) is 130 cm³/mol. The highest BCUT2D eigenvalue weighted by atomic mass is 35.5. The summed E-state index contributed by atoms with van der Waals surface area (Å²) in [6.07, 6.45) is 11.9. The minimum atomic E-state index is 0.250. The summed E-state index contributed by atoms with van der Waals surface area (Å²) in [5.74, 6) is 2.05. The third kappa shape index (κ3) is 2.45. The molecule has 0 saturated carbocycles. The van der Waals surface area contributed by atoms with E-state index in [2.05, 4.69) is 71.7 Å². The monoisotopic (exact) mass is 443 g/mol. The first kappa shape index (κ1) is 18.4. The second-order valence-corrected chi connectivity index (χ2v) is 10.3. The lowest BCUT2D eigenvalue weighted by atomic mass is 9.69. The number of nitrogens with zero attached hydrogens (tertiary/aromatic N) is 1. The largest absolute Gasteiger partial charge is 0.363 e. The van der Waals surface area contributed by atoms with Crippen molar-refractivity contribution < 1.29 is 0 Å². The second kappa shape index (κ2) is 6.64. The molecule has 0 fully saturated rings. The van der Waals surface area contributed by atoms with Crippen LogP contribution in [0.3, 0.4) is 0 Å². The Bertz CT molecular complexity index is 1290. The van der Waals surface area contributed by atoms with Gasteiger partial charge in [0.15, 0.2) is 0 Å². The summed E-state index contributed by atoms with van der Waals surface area (Å²) in [7, 11) is 0. The van der Waals surface area contributed by atoms with Gasteiger partial charge in [-0.05, 0) is 64.3 Å². The minimum absolute atomic E-state index is 0.250. The van der Waals surface area contributed by atoms with Crippen LogP contribution >= 0.6 is 23.2 Å². The van der Waals surface area contributed by atoms with Crippen molar-refractivity contribution in [3.05, 3.63) is 99.6 Å². The zero-order chi connectivity index (χ0) is 20.7. The minimum Gasteiger partial charge on any atom is -0.363 e. The molecule has 7 rings (SSSR count). The molecule has 1 nitrogen and oxygen atoms in total. The van der Waals surface area contributed by atoms with Crippen LogP contribution in [0.4, 0.5) is 5.69 Å². The third-order valence-electron chi connectivity index (χ3n) is 8.05. The fourth-order valence-corrected chi connectivity index (χ4v) is 7.25. The maximum absolute atomic E-state index is 6.84. The molecule has 0 saturated heterocycles. The number of fused-ring (bicyclic) bond motifs is 6. The summed E-state index contributed by atoms with van der Waals surface area (Å²) >= 11 is 13.3. The molecule has 0 spiro atoms. The Morgan fingerprint density at radius 1 is 0.839 bits per heavy atom. The topological polar surface area (TPSA) is 3.24 Å². The molecular formula is C28H23Cl2N. The van der Waals surface area contributed by atoms with E-state index < -0.39 is 0 Å². The van der Waals surface area contributed by atoms with Crippen LogP contribution in [0.25, 0.3) is 10.8 Å². The van der Waals surface area contributed by atoms with Crippen molar-refractivity contribution in [1.82, 2.24) is 0 Å². The predicted octanol–water partition coefficient (Wildman–Crippen LogP) is 8.04. The van der Waals surface area contributed by atoms with Gasteiger partial charge in [-0.3, -0.25) is 0 Å². The fourth-order valence-electron chi connectivity index (χ4n) is 6.83. The Morgan fingerprint density at radius 2 is 1.68 bits per heavy atom. The maximum Gasteiger partial charge on any atom is 0.0645 e. The van der Waals surface area contributed by atoms with Crippen molar-refractivity contribution in [3.63, 3.8) is 0 Å². The van der Waals surface area contributed by atoms with Gasteiger partial charge in [0, 0.05) is 24.1 Å². The number of benzene rings is 3. The van der Waals surface area contributed by atoms with Crippen LogP contribution in [-0.2, 0) is 0 Å². The molecule has 0 N–H and O–H groups in total. The van der Waals surface area contributed by atoms with E-state index in [0.717, 1.165) is 24.4 Å². The summed E-state index contributed by atoms with van der Waals surface area (Å²) in [5.41, 5.74) is 5.67. The quantitative estimate of drug-likeness (QED) is 0.343. The summed E-state index contributed by atoms with van der Waals surface area (Å²) in [4.78, 5) is 2.71. The Labute approximate surface area is 193 Å². The average molecular weight is 444 g/mol. The normalized spacial score (nSPS) is 29.9. The number of hydrogen-bond acceptors (Lipinski definition) is 1. The lowest BCUT2D eigenvalue weighted by Gasteiger charge is -2.52. The van der Waals surface area contributed by atoms with Gasteiger partial charge in [-0.1, -0.05) is 83.9 Å². The van der Waals surface area contributed by atoms with Gasteiger partial charge in [0.05, 0.1) is 16.1 Å². The third-order valence-corrected chi connectivity index (χ3v) is 8.88. The molecule has 0 amide bonds. The van der Waals surface area contributed by atoms with Crippen LogP contribution in [0.1, 0.15) is 47.4 Å². The molecule has 4 aliphatic rings. The highest BCUT2D eigenvalue weighted by Gasteiger charge is 2.48. The molecule has 0 bridgehead atoms. The molecule has 31 heavy (non-hydrogen) atoms. The molecule has 2 aliphatic heterocycles. The molecule has 0 radical (unpaired) electrons. The van der Waals surface area contributed by atoms with Gasteiger partial charge in [-0.15, -0.1) is 0 Å².